The molecule has 0 amide bonds. The standard InChI is InChI=1S/C31H64O/c1-5-6-7-8-9-10-11-12-13-14-15-16-17-19-22-25-28-31(3,4)29-26-23-20-18-21-24-27-30(2)32/h30,32H,5-29H2,1-4H3. The van der Waals surface area contributed by atoms with Gasteiger partial charge in [0.25, 0.3) is 0 Å². The lowest BCUT2D eigenvalue weighted by Gasteiger charge is -2.24. The van der Waals surface area contributed by atoms with Crippen molar-refractivity contribution in [3.05, 3.63) is 0 Å². The van der Waals surface area contributed by atoms with Crippen molar-refractivity contribution < 1.29 is 5.11 Å². The van der Waals surface area contributed by atoms with Gasteiger partial charge >= 0.3 is 0 Å². The topological polar surface area (TPSA) is 20.2 Å². The van der Waals surface area contributed by atoms with Crippen LogP contribution in [0.1, 0.15) is 188 Å². The van der Waals surface area contributed by atoms with Gasteiger partial charge in [-0.3, -0.25) is 0 Å². The van der Waals surface area contributed by atoms with Gasteiger partial charge in [-0.15, -0.1) is 0 Å². The van der Waals surface area contributed by atoms with Crippen LogP contribution in [0.3, 0.4) is 0 Å². The van der Waals surface area contributed by atoms with Crippen molar-refractivity contribution >= 4 is 0 Å². The number of hydrogen-bond acceptors (Lipinski definition) is 1. The molecular formula is C31H64O. The molecule has 0 radical (unpaired) electrons. The number of rotatable bonds is 26. The van der Waals surface area contributed by atoms with Crippen molar-refractivity contribution in [3.63, 3.8) is 0 Å². The Morgan fingerprint density at radius 2 is 0.750 bits per heavy atom. The summed E-state index contributed by atoms with van der Waals surface area (Å²) >= 11 is 0. The van der Waals surface area contributed by atoms with Crippen LogP contribution in [0.25, 0.3) is 0 Å². The molecule has 1 unspecified atom stereocenters. The third-order valence-corrected chi connectivity index (χ3v) is 7.43. The molecule has 0 spiro atoms. The monoisotopic (exact) mass is 452 g/mol. The van der Waals surface area contributed by atoms with E-state index >= 15 is 0 Å². The minimum atomic E-state index is -0.111. The average molecular weight is 453 g/mol. The van der Waals surface area contributed by atoms with E-state index in [1.807, 2.05) is 6.92 Å². The predicted molar refractivity (Wildman–Crippen MR) is 147 cm³/mol. The van der Waals surface area contributed by atoms with Crippen LogP contribution in [0.5, 0.6) is 0 Å². The van der Waals surface area contributed by atoms with Gasteiger partial charge in [-0.25, -0.2) is 0 Å². The molecule has 0 bridgehead atoms. The van der Waals surface area contributed by atoms with Crippen LogP contribution in [0.15, 0.2) is 0 Å². The molecule has 1 atom stereocenters. The van der Waals surface area contributed by atoms with E-state index in [1.165, 1.54) is 154 Å². The summed E-state index contributed by atoms with van der Waals surface area (Å²) in [6.45, 7) is 9.18. The van der Waals surface area contributed by atoms with Crippen LogP contribution < -0.4 is 0 Å². The highest BCUT2D eigenvalue weighted by atomic mass is 16.3. The Morgan fingerprint density at radius 3 is 1.06 bits per heavy atom. The van der Waals surface area contributed by atoms with Gasteiger partial charge in [0, 0.05) is 0 Å². The molecule has 32 heavy (non-hydrogen) atoms. The molecule has 1 N–H and O–H groups in total. The summed E-state index contributed by atoms with van der Waals surface area (Å²) < 4.78 is 0. The summed E-state index contributed by atoms with van der Waals surface area (Å²) in [4.78, 5) is 0. The van der Waals surface area contributed by atoms with E-state index < -0.39 is 0 Å². The summed E-state index contributed by atoms with van der Waals surface area (Å²) in [5.41, 5.74) is 0.544. The molecule has 0 rings (SSSR count). The molecule has 0 heterocycles. The third-order valence-electron chi connectivity index (χ3n) is 7.43. The Balaban J connectivity index is 3.28. The van der Waals surface area contributed by atoms with Gasteiger partial charge in [-0.2, -0.15) is 0 Å². The number of aliphatic hydroxyl groups excluding tert-OH is 1. The SMILES string of the molecule is CCCCCCCCCCCCCCCCCCC(C)(C)CCCCCCCCC(C)O. The highest BCUT2D eigenvalue weighted by molar-refractivity contribution is 4.69. The second kappa shape index (κ2) is 24.1. The maximum absolute atomic E-state index is 9.29. The average Bonchev–Trinajstić information content (AvgIpc) is 2.75. The highest BCUT2D eigenvalue weighted by Gasteiger charge is 2.16. The third kappa shape index (κ3) is 26.2. The molecule has 0 fully saturated rings. The van der Waals surface area contributed by atoms with E-state index in [2.05, 4.69) is 20.8 Å². The van der Waals surface area contributed by atoms with Crippen molar-refractivity contribution in [2.75, 3.05) is 0 Å². The smallest absolute Gasteiger partial charge is 0.0512 e. The lowest BCUT2D eigenvalue weighted by atomic mass is 9.81. The molecule has 0 aliphatic heterocycles. The highest BCUT2D eigenvalue weighted by Crippen LogP contribution is 2.30. The van der Waals surface area contributed by atoms with Crippen LogP contribution in [0, 0.1) is 5.41 Å². The molecular weight excluding hydrogens is 388 g/mol. The maximum atomic E-state index is 9.29. The minimum Gasteiger partial charge on any atom is -0.393 e. The Bertz CT molecular complexity index is 346. The fraction of sp³-hybridized carbons (Fsp3) is 1.00. The van der Waals surface area contributed by atoms with Crippen molar-refractivity contribution in [1.82, 2.24) is 0 Å². The second-order valence-corrected chi connectivity index (χ2v) is 11.7. The molecule has 0 aliphatic carbocycles. The Kier molecular flexibility index (Phi) is 24.1. The Labute approximate surface area is 204 Å². The summed E-state index contributed by atoms with van der Waals surface area (Å²) in [6, 6.07) is 0. The summed E-state index contributed by atoms with van der Waals surface area (Å²) in [7, 11) is 0. The zero-order valence-corrected chi connectivity index (χ0v) is 23.2. The first-order chi connectivity index (χ1) is 15.5. The zero-order chi connectivity index (χ0) is 23.8. The van der Waals surface area contributed by atoms with Gasteiger partial charge in [-0.1, -0.05) is 162 Å². The Morgan fingerprint density at radius 1 is 0.469 bits per heavy atom. The van der Waals surface area contributed by atoms with Gasteiger partial charge in [0.15, 0.2) is 0 Å². The molecule has 194 valence electrons. The largest absolute Gasteiger partial charge is 0.393 e. The van der Waals surface area contributed by atoms with Crippen LogP contribution in [0.4, 0.5) is 0 Å². The molecule has 1 nitrogen and oxygen atoms in total. The number of hydrogen-bond donors (Lipinski definition) is 1. The van der Waals surface area contributed by atoms with E-state index in [0.29, 0.717) is 5.41 Å². The second-order valence-electron chi connectivity index (χ2n) is 11.7. The summed E-state index contributed by atoms with van der Waals surface area (Å²) in [5.74, 6) is 0. The quantitative estimate of drug-likeness (QED) is 0.129. The van der Waals surface area contributed by atoms with Gasteiger partial charge in [0.05, 0.1) is 6.10 Å². The summed E-state index contributed by atoms with van der Waals surface area (Å²) in [6.07, 6.45) is 35.1. The van der Waals surface area contributed by atoms with E-state index in [-0.39, 0.29) is 6.10 Å². The first kappa shape index (κ1) is 32.0. The molecule has 0 saturated carbocycles. The molecule has 0 aromatic heterocycles. The fourth-order valence-electron chi connectivity index (χ4n) is 5.03. The molecule has 0 aromatic carbocycles. The lowest BCUT2D eigenvalue weighted by Crippen LogP contribution is -2.11. The van der Waals surface area contributed by atoms with Gasteiger partial charge in [-0.05, 0) is 31.6 Å². The van der Waals surface area contributed by atoms with Gasteiger partial charge in [0.2, 0.25) is 0 Å². The van der Waals surface area contributed by atoms with E-state index in [0.717, 1.165) is 6.42 Å². The van der Waals surface area contributed by atoms with Crippen LogP contribution in [0.2, 0.25) is 0 Å². The van der Waals surface area contributed by atoms with Crippen LogP contribution in [-0.2, 0) is 0 Å². The molecule has 0 aromatic rings. The van der Waals surface area contributed by atoms with Crippen LogP contribution in [-0.4, -0.2) is 11.2 Å². The minimum absolute atomic E-state index is 0.111. The van der Waals surface area contributed by atoms with E-state index in [4.69, 9.17) is 0 Å². The zero-order valence-electron chi connectivity index (χ0n) is 23.2. The predicted octanol–water partition coefficient (Wildman–Crippen LogP) is 11.2. The summed E-state index contributed by atoms with van der Waals surface area (Å²) in [5, 5.41) is 9.29. The molecule has 1 heteroatoms. The first-order valence-electron chi connectivity index (χ1n) is 15.2. The molecule has 0 saturated heterocycles. The lowest BCUT2D eigenvalue weighted by molar-refractivity contribution is 0.180. The fourth-order valence-corrected chi connectivity index (χ4v) is 5.03. The van der Waals surface area contributed by atoms with Crippen molar-refractivity contribution in [2.45, 2.75) is 194 Å². The number of unbranched alkanes of at least 4 members (excludes halogenated alkanes) is 20. The van der Waals surface area contributed by atoms with Crippen molar-refractivity contribution in [2.24, 2.45) is 5.41 Å². The maximum Gasteiger partial charge on any atom is 0.0512 e. The number of aliphatic hydroxyl groups is 1. The van der Waals surface area contributed by atoms with Crippen molar-refractivity contribution in [3.8, 4) is 0 Å². The van der Waals surface area contributed by atoms with Crippen LogP contribution >= 0.6 is 0 Å². The normalized spacial score (nSPS) is 13.0. The van der Waals surface area contributed by atoms with Crippen molar-refractivity contribution in [1.29, 1.82) is 0 Å². The Hall–Kier alpha value is -0.0400. The van der Waals surface area contributed by atoms with E-state index in [9.17, 15) is 5.11 Å². The van der Waals surface area contributed by atoms with Gasteiger partial charge < -0.3 is 5.11 Å². The van der Waals surface area contributed by atoms with E-state index in [1.54, 1.807) is 0 Å². The van der Waals surface area contributed by atoms with Gasteiger partial charge in [0.1, 0.15) is 0 Å². The molecule has 0 aliphatic rings. The first-order valence-corrected chi connectivity index (χ1v) is 15.2.